The largest absolute Gasteiger partial charge is 0.497 e. The average Bonchev–Trinajstić information content (AvgIpc) is 2.53. The molecule has 4 heteroatoms. The van der Waals surface area contributed by atoms with Crippen LogP contribution in [0.5, 0.6) is 11.5 Å². The first kappa shape index (κ1) is 14.2. The Balaban J connectivity index is 1.95. The number of hydrogen-bond donors (Lipinski definition) is 2. The number of aliphatic hydroxyl groups excluding tert-OH is 1. The molecule has 0 aliphatic heterocycles. The van der Waals surface area contributed by atoms with Gasteiger partial charge in [0.1, 0.15) is 11.5 Å². The van der Waals surface area contributed by atoms with Crippen LogP contribution in [0.25, 0.3) is 0 Å². The van der Waals surface area contributed by atoms with Crippen LogP contribution >= 0.6 is 0 Å². The van der Waals surface area contributed by atoms with Crippen LogP contribution in [0, 0.1) is 0 Å². The minimum absolute atomic E-state index is 0.430. The Morgan fingerprint density at radius 1 is 1.00 bits per heavy atom. The van der Waals surface area contributed by atoms with Gasteiger partial charge in [-0.15, -0.1) is 0 Å². The highest BCUT2D eigenvalue weighted by Crippen LogP contribution is 2.20. The summed E-state index contributed by atoms with van der Waals surface area (Å²) in [5.74, 6) is 1.57. The lowest BCUT2D eigenvalue weighted by Gasteiger charge is -2.14. The van der Waals surface area contributed by atoms with Crippen LogP contribution in [-0.4, -0.2) is 25.9 Å². The quantitative estimate of drug-likeness (QED) is 0.849. The van der Waals surface area contributed by atoms with Gasteiger partial charge in [0.05, 0.1) is 20.3 Å². The Morgan fingerprint density at radius 3 is 2.35 bits per heavy atom. The Labute approximate surface area is 119 Å². The topological polar surface area (TPSA) is 50.7 Å². The number of rotatable bonds is 6. The number of aliphatic hydroxyl groups is 1. The van der Waals surface area contributed by atoms with Gasteiger partial charge in [-0.2, -0.15) is 0 Å². The van der Waals surface area contributed by atoms with Gasteiger partial charge in [-0.3, -0.25) is 0 Å². The normalized spacial score (nSPS) is 11.8. The molecule has 0 aliphatic carbocycles. The van der Waals surface area contributed by atoms with Gasteiger partial charge in [0.15, 0.2) is 0 Å². The summed E-state index contributed by atoms with van der Waals surface area (Å²) in [5.41, 5.74) is 1.76. The van der Waals surface area contributed by atoms with Crippen molar-refractivity contribution in [1.29, 1.82) is 0 Å². The highest BCUT2D eigenvalue weighted by molar-refractivity contribution is 5.48. The zero-order valence-corrected chi connectivity index (χ0v) is 11.7. The smallest absolute Gasteiger partial charge is 0.120 e. The fourth-order valence-corrected chi connectivity index (χ4v) is 1.89. The van der Waals surface area contributed by atoms with Crippen molar-refractivity contribution in [3.63, 3.8) is 0 Å². The van der Waals surface area contributed by atoms with Crippen molar-refractivity contribution in [1.82, 2.24) is 0 Å². The van der Waals surface area contributed by atoms with Crippen molar-refractivity contribution in [2.45, 2.75) is 6.10 Å². The number of ether oxygens (including phenoxy) is 2. The van der Waals surface area contributed by atoms with Crippen LogP contribution in [-0.2, 0) is 0 Å². The lowest BCUT2D eigenvalue weighted by atomic mass is 10.1. The number of benzene rings is 2. The van der Waals surface area contributed by atoms with Crippen LogP contribution in [0.3, 0.4) is 0 Å². The summed E-state index contributed by atoms with van der Waals surface area (Å²) in [6.45, 7) is 0.430. The minimum Gasteiger partial charge on any atom is -0.497 e. The molecule has 2 aromatic rings. The first-order chi connectivity index (χ1) is 9.72. The fraction of sp³-hybridized carbons (Fsp3) is 0.250. The molecule has 0 fully saturated rings. The van der Waals surface area contributed by atoms with Crippen LogP contribution in [0.15, 0.2) is 48.5 Å². The van der Waals surface area contributed by atoms with E-state index in [9.17, 15) is 5.11 Å². The lowest BCUT2D eigenvalue weighted by Crippen LogP contribution is -2.12. The van der Waals surface area contributed by atoms with Gasteiger partial charge in [0.2, 0.25) is 0 Å². The molecule has 4 nitrogen and oxygen atoms in total. The maximum absolute atomic E-state index is 10.1. The van der Waals surface area contributed by atoms with E-state index in [1.54, 1.807) is 14.2 Å². The summed E-state index contributed by atoms with van der Waals surface area (Å²) in [5, 5.41) is 13.3. The number of anilines is 1. The molecule has 2 N–H and O–H groups in total. The van der Waals surface area contributed by atoms with E-state index in [0.717, 1.165) is 22.7 Å². The van der Waals surface area contributed by atoms with Crippen molar-refractivity contribution < 1.29 is 14.6 Å². The lowest BCUT2D eigenvalue weighted by molar-refractivity contribution is 0.191. The predicted octanol–water partition coefficient (Wildman–Crippen LogP) is 2.85. The van der Waals surface area contributed by atoms with Crippen LogP contribution < -0.4 is 14.8 Å². The van der Waals surface area contributed by atoms with Gasteiger partial charge in [-0.25, -0.2) is 0 Å². The maximum atomic E-state index is 10.1. The van der Waals surface area contributed by atoms with E-state index in [1.807, 2.05) is 48.5 Å². The monoisotopic (exact) mass is 273 g/mol. The van der Waals surface area contributed by atoms with E-state index in [0.29, 0.717) is 6.54 Å². The minimum atomic E-state index is -0.577. The third-order valence-electron chi connectivity index (χ3n) is 3.07. The summed E-state index contributed by atoms with van der Waals surface area (Å²) in [6, 6.07) is 15.0. The molecule has 0 spiro atoms. The molecule has 106 valence electrons. The molecule has 2 aromatic carbocycles. The van der Waals surface area contributed by atoms with Gasteiger partial charge >= 0.3 is 0 Å². The number of hydrogen-bond acceptors (Lipinski definition) is 4. The van der Waals surface area contributed by atoms with E-state index in [2.05, 4.69) is 5.32 Å². The predicted molar refractivity (Wildman–Crippen MR) is 79.4 cm³/mol. The second kappa shape index (κ2) is 6.82. The molecular weight excluding hydrogens is 254 g/mol. The zero-order valence-electron chi connectivity index (χ0n) is 11.7. The summed E-state index contributed by atoms with van der Waals surface area (Å²) in [7, 11) is 3.25. The van der Waals surface area contributed by atoms with Crippen molar-refractivity contribution in [2.75, 3.05) is 26.1 Å². The van der Waals surface area contributed by atoms with Gasteiger partial charge < -0.3 is 19.9 Å². The third-order valence-corrected chi connectivity index (χ3v) is 3.07. The van der Waals surface area contributed by atoms with Crippen molar-refractivity contribution in [3.8, 4) is 11.5 Å². The molecule has 0 saturated carbocycles. The van der Waals surface area contributed by atoms with Crippen molar-refractivity contribution in [3.05, 3.63) is 54.1 Å². The Kier molecular flexibility index (Phi) is 4.85. The Hall–Kier alpha value is -2.20. The second-order valence-electron chi connectivity index (χ2n) is 4.40. The maximum Gasteiger partial charge on any atom is 0.120 e. The first-order valence-corrected chi connectivity index (χ1v) is 6.43. The zero-order chi connectivity index (χ0) is 14.4. The molecule has 0 radical (unpaired) electrons. The molecule has 0 aliphatic rings. The van der Waals surface area contributed by atoms with E-state index < -0.39 is 6.10 Å². The second-order valence-corrected chi connectivity index (χ2v) is 4.40. The van der Waals surface area contributed by atoms with Gasteiger partial charge in [-0.1, -0.05) is 18.2 Å². The van der Waals surface area contributed by atoms with Crippen LogP contribution in [0.2, 0.25) is 0 Å². The molecule has 0 aromatic heterocycles. The SMILES string of the molecule is COc1ccc(C(O)CNc2cccc(OC)c2)cc1. The van der Waals surface area contributed by atoms with E-state index >= 15 is 0 Å². The summed E-state index contributed by atoms with van der Waals surface area (Å²) in [4.78, 5) is 0. The molecule has 20 heavy (non-hydrogen) atoms. The van der Waals surface area contributed by atoms with Crippen LogP contribution in [0.1, 0.15) is 11.7 Å². The Bertz CT molecular complexity index is 540. The first-order valence-electron chi connectivity index (χ1n) is 6.43. The van der Waals surface area contributed by atoms with Crippen molar-refractivity contribution in [2.24, 2.45) is 0 Å². The van der Waals surface area contributed by atoms with Gasteiger partial charge in [0.25, 0.3) is 0 Å². The van der Waals surface area contributed by atoms with E-state index in [4.69, 9.17) is 9.47 Å². The summed E-state index contributed by atoms with van der Waals surface area (Å²) >= 11 is 0. The fourth-order valence-electron chi connectivity index (χ4n) is 1.89. The molecular formula is C16H19NO3. The molecule has 0 heterocycles. The number of methoxy groups -OCH3 is 2. The highest BCUT2D eigenvalue weighted by atomic mass is 16.5. The standard InChI is InChI=1S/C16H19NO3/c1-19-14-8-6-12(7-9-14)16(18)11-17-13-4-3-5-15(10-13)20-2/h3-10,16-18H,11H2,1-2H3. The molecule has 2 rings (SSSR count). The van der Waals surface area contributed by atoms with Crippen molar-refractivity contribution >= 4 is 5.69 Å². The van der Waals surface area contributed by atoms with Gasteiger partial charge in [0, 0.05) is 18.3 Å². The average molecular weight is 273 g/mol. The molecule has 0 amide bonds. The van der Waals surface area contributed by atoms with E-state index in [-0.39, 0.29) is 0 Å². The third kappa shape index (κ3) is 3.65. The molecule has 0 bridgehead atoms. The number of nitrogens with one attached hydrogen (secondary N) is 1. The Morgan fingerprint density at radius 2 is 1.70 bits per heavy atom. The van der Waals surface area contributed by atoms with Gasteiger partial charge in [-0.05, 0) is 29.8 Å². The summed E-state index contributed by atoms with van der Waals surface area (Å²) < 4.78 is 10.2. The molecule has 1 atom stereocenters. The summed E-state index contributed by atoms with van der Waals surface area (Å²) in [6.07, 6.45) is -0.577. The highest BCUT2D eigenvalue weighted by Gasteiger charge is 2.07. The van der Waals surface area contributed by atoms with E-state index in [1.165, 1.54) is 0 Å². The molecule has 0 saturated heterocycles. The molecule has 1 unspecified atom stereocenters. The van der Waals surface area contributed by atoms with Crippen LogP contribution in [0.4, 0.5) is 5.69 Å².